The summed E-state index contributed by atoms with van der Waals surface area (Å²) in [5, 5.41) is 1.18. The number of hydrogen-bond acceptors (Lipinski definition) is 2. The van der Waals surface area contributed by atoms with Crippen LogP contribution in [0.15, 0.2) is 65.7 Å². The fraction of sp³-hybridized carbons (Fsp3) is 0.105. The Morgan fingerprint density at radius 2 is 1.92 bits per heavy atom. The summed E-state index contributed by atoms with van der Waals surface area (Å²) in [6.45, 7) is 0.692. The number of H-pyrrole nitrogens is 1. The lowest BCUT2D eigenvalue weighted by molar-refractivity contribution is 0.408. The second-order valence-corrected chi connectivity index (χ2v) is 6.32. The molecule has 4 aromatic rings. The lowest BCUT2D eigenvalue weighted by Gasteiger charge is -2.11. The Balaban J connectivity index is 1.82. The van der Waals surface area contributed by atoms with E-state index >= 15 is 0 Å². The number of imidazole rings is 1. The van der Waals surface area contributed by atoms with Gasteiger partial charge in [0.05, 0.1) is 25.7 Å². The Hall–Kier alpha value is -2.53. The van der Waals surface area contributed by atoms with E-state index in [0.717, 1.165) is 32.7 Å². The van der Waals surface area contributed by atoms with Crippen LogP contribution in [0, 0.1) is 0 Å². The van der Waals surface area contributed by atoms with E-state index in [0.29, 0.717) is 6.54 Å². The Morgan fingerprint density at radius 3 is 2.79 bits per heavy atom. The zero-order valence-corrected chi connectivity index (χ0v) is 14.7. The van der Waals surface area contributed by atoms with Crippen LogP contribution in [-0.4, -0.2) is 21.6 Å². The molecule has 0 fully saturated rings. The number of hydrogen-bond donors (Lipinski definition) is 1. The second kappa shape index (κ2) is 6.17. The van der Waals surface area contributed by atoms with Crippen LogP contribution in [0.4, 0.5) is 0 Å². The van der Waals surface area contributed by atoms with Gasteiger partial charge in [-0.3, -0.25) is 0 Å². The number of ether oxygens (including phenoxy) is 1. The van der Waals surface area contributed by atoms with Crippen molar-refractivity contribution in [3.05, 3.63) is 71.2 Å². The SMILES string of the molecule is COc1ccccc1Cn1cnc(Br)c1-c1c[nH]c2ccccc12. The van der Waals surface area contributed by atoms with Crippen LogP contribution in [0.25, 0.3) is 22.2 Å². The van der Waals surface area contributed by atoms with Gasteiger partial charge >= 0.3 is 0 Å². The molecule has 4 nitrogen and oxygen atoms in total. The van der Waals surface area contributed by atoms with Gasteiger partial charge in [0.1, 0.15) is 10.4 Å². The third-order valence-electron chi connectivity index (χ3n) is 4.17. The van der Waals surface area contributed by atoms with Crippen molar-refractivity contribution >= 4 is 26.8 Å². The van der Waals surface area contributed by atoms with E-state index in [2.05, 4.69) is 54.7 Å². The van der Waals surface area contributed by atoms with Crippen molar-refractivity contribution in [1.29, 1.82) is 0 Å². The van der Waals surface area contributed by atoms with Gasteiger partial charge in [0.25, 0.3) is 0 Å². The summed E-state index contributed by atoms with van der Waals surface area (Å²) in [4.78, 5) is 7.79. The first-order valence-electron chi connectivity index (χ1n) is 7.67. The summed E-state index contributed by atoms with van der Waals surface area (Å²) < 4.78 is 8.45. The van der Waals surface area contributed by atoms with Crippen LogP contribution in [0.2, 0.25) is 0 Å². The van der Waals surface area contributed by atoms with Gasteiger partial charge < -0.3 is 14.3 Å². The lowest BCUT2D eigenvalue weighted by Crippen LogP contribution is -2.02. The third kappa shape index (κ3) is 2.51. The van der Waals surface area contributed by atoms with Crippen LogP contribution in [0.5, 0.6) is 5.75 Å². The quantitative estimate of drug-likeness (QED) is 0.548. The number of fused-ring (bicyclic) bond motifs is 1. The summed E-state index contributed by atoms with van der Waals surface area (Å²) in [6.07, 6.45) is 3.89. The average molecular weight is 382 g/mol. The first-order chi connectivity index (χ1) is 11.8. The Bertz CT molecular complexity index is 1000. The van der Waals surface area contributed by atoms with Crippen LogP contribution >= 0.6 is 15.9 Å². The molecule has 0 atom stereocenters. The molecule has 0 bridgehead atoms. The minimum Gasteiger partial charge on any atom is -0.496 e. The highest BCUT2D eigenvalue weighted by molar-refractivity contribution is 9.10. The molecule has 4 rings (SSSR count). The van der Waals surface area contributed by atoms with Gasteiger partial charge in [0.15, 0.2) is 0 Å². The largest absolute Gasteiger partial charge is 0.496 e. The molecule has 0 saturated carbocycles. The van der Waals surface area contributed by atoms with Crippen molar-refractivity contribution in [1.82, 2.24) is 14.5 Å². The number of para-hydroxylation sites is 2. The smallest absolute Gasteiger partial charge is 0.132 e. The normalized spacial score (nSPS) is 11.1. The Morgan fingerprint density at radius 1 is 1.12 bits per heavy atom. The number of aromatic amines is 1. The van der Waals surface area contributed by atoms with E-state index in [-0.39, 0.29) is 0 Å². The molecule has 0 aliphatic carbocycles. The maximum Gasteiger partial charge on any atom is 0.132 e. The summed E-state index contributed by atoms with van der Waals surface area (Å²) >= 11 is 3.60. The van der Waals surface area contributed by atoms with E-state index in [1.54, 1.807) is 7.11 Å². The van der Waals surface area contributed by atoms with Gasteiger partial charge in [-0.25, -0.2) is 4.98 Å². The second-order valence-electron chi connectivity index (χ2n) is 5.57. The third-order valence-corrected chi connectivity index (χ3v) is 4.75. The lowest BCUT2D eigenvalue weighted by atomic mass is 10.1. The average Bonchev–Trinajstić information content (AvgIpc) is 3.19. The molecule has 120 valence electrons. The van der Waals surface area contributed by atoms with Crippen molar-refractivity contribution in [2.45, 2.75) is 6.54 Å². The van der Waals surface area contributed by atoms with Gasteiger partial charge in [-0.2, -0.15) is 0 Å². The number of nitrogens with one attached hydrogen (secondary N) is 1. The van der Waals surface area contributed by atoms with E-state index in [1.165, 1.54) is 5.39 Å². The number of benzene rings is 2. The summed E-state index contributed by atoms with van der Waals surface area (Å²) in [6, 6.07) is 16.3. The fourth-order valence-corrected chi connectivity index (χ4v) is 3.56. The summed E-state index contributed by atoms with van der Waals surface area (Å²) in [5.41, 5.74) is 4.42. The number of methoxy groups -OCH3 is 1. The molecule has 1 N–H and O–H groups in total. The summed E-state index contributed by atoms with van der Waals surface area (Å²) in [5.74, 6) is 0.882. The van der Waals surface area contributed by atoms with Gasteiger partial charge in [-0.05, 0) is 28.1 Å². The molecular weight excluding hydrogens is 366 g/mol. The number of rotatable bonds is 4. The molecule has 0 radical (unpaired) electrons. The molecular formula is C19H16BrN3O. The number of nitrogens with zero attached hydrogens (tertiary/aromatic N) is 2. The van der Waals surface area contributed by atoms with Gasteiger partial charge in [0, 0.05) is 28.2 Å². The molecule has 5 heteroatoms. The van der Waals surface area contributed by atoms with Crippen molar-refractivity contribution in [2.75, 3.05) is 7.11 Å². The predicted molar refractivity (Wildman–Crippen MR) is 99.3 cm³/mol. The van der Waals surface area contributed by atoms with Gasteiger partial charge in [-0.1, -0.05) is 36.4 Å². The first-order valence-corrected chi connectivity index (χ1v) is 8.46. The zero-order chi connectivity index (χ0) is 16.5. The van der Waals surface area contributed by atoms with E-state index in [9.17, 15) is 0 Å². The maximum absolute atomic E-state index is 5.47. The molecule has 0 saturated heterocycles. The first kappa shape index (κ1) is 15.0. The Kier molecular flexibility index (Phi) is 3.86. The van der Waals surface area contributed by atoms with E-state index in [4.69, 9.17) is 4.74 Å². The zero-order valence-electron chi connectivity index (χ0n) is 13.2. The van der Waals surface area contributed by atoms with Crippen molar-refractivity contribution in [2.24, 2.45) is 0 Å². The topological polar surface area (TPSA) is 42.8 Å². The Labute approximate surface area is 148 Å². The van der Waals surface area contributed by atoms with Crippen LogP contribution in [0.1, 0.15) is 5.56 Å². The predicted octanol–water partition coefficient (Wildman–Crippen LogP) is 4.85. The molecule has 0 aliphatic rings. The minimum atomic E-state index is 0.692. The van der Waals surface area contributed by atoms with Crippen LogP contribution < -0.4 is 4.74 Å². The summed E-state index contributed by atoms with van der Waals surface area (Å²) in [7, 11) is 1.70. The van der Waals surface area contributed by atoms with Crippen molar-refractivity contribution in [3.8, 4) is 17.0 Å². The van der Waals surface area contributed by atoms with Crippen LogP contribution in [0.3, 0.4) is 0 Å². The van der Waals surface area contributed by atoms with Gasteiger partial charge in [-0.15, -0.1) is 0 Å². The molecule has 24 heavy (non-hydrogen) atoms. The highest BCUT2D eigenvalue weighted by atomic mass is 79.9. The van der Waals surface area contributed by atoms with E-state index in [1.807, 2.05) is 36.8 Å². The molecule has 0 amide bonds. The number of halogens is 1. The van der Waals surface area contributed by atoms with Crippen molar-refractivity contribution < 1.29 is 4.74 Å². The highest BCUT2D eigenvalue weighted by Gasteiger charge is 2.16. The molecule has 2 heterocycles. The molecule has 0 aliphatic heterocycles. The van der Waals surface area contributed by atoms with E-state index < -0.39 is 0 Å². The van der Waals surface area contributed by atoms with Gasteiger partial charge in [0.2, 0.25) is 0 Å². The molecule has 2 aromatic heterocycles. The number of aromatic nitrogens is 3. The highest BCUT2D eigenvalue weighted by Crippen LogP contribution is 2.34. The maximum atomic E-state index is 5.47. The molecule has 0 unspecified atom stereocenters. The molecule has 0 spiro atoms. The fourth-order valence-electron chi connectivity index (χ4n) is 3.03. The minimum absolute atomic E-state index is 0.692. The van der Waals surface area contributed by atoms with Crippen LogP contribution in [-0.2, 0) is 6.54 Å². The van der Waals surface area contributed by atoms with Crippen molar-refractivity contribution in [3.63, 3.8) is 0 Å². The molecule has 2 aromatic carbocycles. The standard InChI is InChI=1S/C19H16BrN3O/c1-24-17-9-5-2-6-13(17)11-23-12-22-19(20)18(23)15-10-21-16-8-4-3-7-14(15)16/h2-10,12,21H,11H2,1H3. The monoisotopic (exact) mass is 381 g/mol.